The van der Waals surface area contributed by atoms with Crippen LogP contribution in [0, 0.1) is 0 Å². The zero-order valence-corrected chi connectivity index (χ0v) is 12.3. The fourth-order valence-electron chi connectivity index (χ4n) is 3.29. The lowest BCUT2D eigenvalue weighted by atomic mass is 10.0. The molecule has 0 spiro atoms. The molecule has 1 aromatic carbocycles. The molecular weight excluding hydrogens is 248 g/mol. The van der Waals surface area contributed by atoms with Crippen molar-refractivity contribution in [2.45, 2.75) is 44.4 Å². The monoisotopic (exact) mass is 274 g/mol. The number of nitrogens with one attached hydrogen (secondary N) is 3. The maximum Gasteiger partial charge on any atom is 0.0374 e. The predicted octanol–water partition coefficient (Wildman–Crippen LogP) is 1.11. The standard InChI is InChI=1S/C16H26N4/c1-13-16(10-17-19-13)18-15-8-5-9-20(12-15)11-14-6-3-2-4-7-14/h2-4,6-7,13,15-19H,5,8-12H2,1H3. The Bertz CT molecular complexity index is 408. The molecule has 2 aliphatic rings. The van der Waals surface area contributed by atoms with E-state index in [0.717, 1.165) is 19.6 Å². The van der Waals surface area contributed by atoms with Crippen LogP contribution < -0.4 is 16.2 Å². The van der Waals surface area contributed by atoms with Gasteiger partial charge in [0, 0.05) is 37.8 Å². The molecule has 0 saturated carbocycles. The largest absolute Gasteiger partial charge is 0.307 e. The van der Waals surface area contributed by atoms with Crippen LogP contribution in [0.5, 0.6) is 0 Å². The van der Waals surface area contributed by atoms with Crippen LogP contribution in [0.1, 0.15) is 25.3 Å². The summed E-state index contributed by atoms with van der Waals surface area (Å²) in [5, 5.41) is 3.82. The normalized spacial score (nSPS) is 31.6. The number of hydrazine groups is 1. The smallest absolute Gasteiger partial charge is 0.0374 e. The van der Waals surface area contributed by atoms with E-state index in [9.17, 15) is 0 Å². The van der Waals surface area contributed by atoms with Gasteiger partial charge in [-0.1, -0.05) is 30.3 Å². The van der Waals surface area contributed by atoms with Crippen molar-refractivity contribution in [3.63, 3.8) is 0 Å². The van der Waals surface area contributed by atoms with Crippen molar-refractivity contribution in [2.24, 2.45) is 0 Å². The van der Waals surface area contributed by atoms with Gasteiger partial charge in [-0.25, -0.2) is 0 Å². The average molecular weight is 274 g/mol. The molecule has 0 aromatic heterocycles. The molecule has 3 atom stereocenters. The second kappa shape index (κ2) is 6.68. The molecule has 0 aliphatic carbocycles. The van der Waals surface area contributed by atoms with Crippen molar-refractivity contribution in [3.05, 3.63) is 35.9 Å². The summed E-state index contributed by atoms with van der Waals surface area (Å²) in [6, 6.07) is 12.5. The number of benzene rings is 1. The Labute approximate surface area is 121 Å². The Morgan fingerprint density at radius 2 is 2.15 bits per heavy atom. The molecule has 1 aromatic rings. The zero-order chi connectivity index (χ0) is 13.8. The summed E-state index contributed by atoms with van der Waals surface area (Å²) in [6.07, 6.45) is 2.60. The first kappa shape index (κ1) is 14.0. The van der Waals surface area contributed by atoms with Crippen LogP contribution in [0.4, 0.5) is 0 Å². The molecule has 3 N–H and O–H groups in total. The molecule has 20 heavy (non-hydrogen) atoms. The van der Waals surface area contributed by atoms with Crippen LogP contribution in [-0.4, -0.2) is 42.7 Å². The van der Waals surface area contributed by atoms with Crippen LogP contribution in [0.25, 0.3) is 0 Å². The molecule has 2 fully saturated rings. The highest BCUT2D eigenvalue weighted by Gasteiger charge is 2.27. The number of nitrogens with zero attached hydrogens (tertiary/aromatic N) is 1. The number of hydrogen-bond acceptors (Lipinski definition) is 4. The van der Waals surface area contributed by atoms with E-state index in [4.69, 9.17) is 0 Å². The Morgan fingerprint density at radius 1 is 1.30 bits per heavy atom. The second-order valence-electron chi connectivity index (χ2n) is 6.15. The van der Waals surface area contributed by atoms with E-state index in [1.54, 1.807) is 0 Å². The summed E-state index contributed by atoms with van der Waals surface area (Å²) in [4.78, 5) is 2.58. The number of piperidine rings is 1. The van der Waals surface area contributed by atoms with E-state index < -0.39 is 0 Å². The highest BCUT2D eigenvalue weighted by Crippen LogP contribution is 2.15. The van der Waals surface area contributed by atoms with Gasteiger partial charge < -0.3 is 5.32 Å². The molecule has 2 heterocycles. The van der Waals surface area contributed by atoms with Gasteiger partial charge >= 0.3 is 0 Å². The molecule has 3 unspecified atom stereocenters. The van der Waals surface area contributed by atoms with Crippen LogP contribution in [0.2, 0.25) is 0 Å². The van der Waals surface area contributed by atoms with Crippen molar-refractivity contribution in [1.82, 2.24) is 21.1 Å². The third-order valence-corrected chi connectivity index (χ3v) is 4.46. The van der Waals surface area contributed by atoms with Crippen LogP contribution in [-0.2, 0) is 6.54 Å². The summed E-state index contributed by atoms with van der Waals surface area (Å²) in [5.41, 5.74) is 7.94. The summed E-state index contributed by atoms with van der Waals surface area (Å²) in [5.74, 6) is 0. The molecule has 4 nitrogen and oxygen atoms in total. The van der Waals surface area contributed by atoms with Crippen molar-refractivity contribution in [1.29, 1.82) is 0 Å². The van der Waals surface area contributed by atoms with Crippen LogP contribution in [0.15, 0.2) is 30.3 Å². The molecule has 0 radical (unpaired) electrons. The van der Waals surface area contributed by atoms with Gasteiger partial charge in [-0.3, -0.25) is 15.8 Å². The zero-order valence-electron chi connectivity index (χ0n) is 12.3. The minimum atomic E-state index is 0.513. The summed E-state index contributed by atoms with van der Waals surface area (Å²) in [6.45, 7) is 6.73. The highest BCUT2D eigenvalue weighted by molar-refractivity contribution is 5.14. The lowest BCUT2D eigenvalue weighted by Crippen LogP contribution is -2.52. The van der Waals surface area contributed by atoms with Crippen molar-refractivity contribution in [2.75, 3.05) is 19.6 Å². The maximum atomic E-state index is 3.82. The first-order valence-electron chi connectivity index (χ1n) is 7.82. The fourth-order valence-corrected chi connectivity index (χ4v) is 3.29. The third-order valence-electron chi connectivity index (χ3n) is 4.46. The minimum Gasteiger partial charge on any atom is -0.307 e. The van der Waals surface area contributed by atoms with E-state index in [0.29, 0.717) is 18.1 Å². The third kappa shape index (κ3) is 3.58. The Balaban J connectivity index is 1.51. The molecule has 3 rings (SSSR count). The van der Waals surface area contributed by atoms with Crippen molar-refractivity contribution >= 4 is 0 Å². The van der Waals surface area contributed by atoms with E-state index in [1.807, 2.05) is 0 Å². The maximum absolute atomic E-state index is 3.82. The Hall–Kier alpha value is -0.940. The van der Waals surface area contributed by atoms with Gasteiger partial charge in [0.15, 0.2) is 0 Å². The number of hydrogen-bond donors (Lipinski definition) is 3. The van der Waals surface area contributed by atoms with Crippen molar-refractivity contribution < 1.29 is 0 Å². The van der Waals surface area contributed by atoms with Crippen LogP contribution >= 0.6 is 0 Å². The van der Waals surface area contributed by atoms with Gasteiger partial charge in [-0.05, 0) is 31.9 Å². The first-order valence-corrected chi connectivity index (χ1v) is 7.82. The summed E-state index contributed by atoms with van der Waals surface area (Å²) >= 11 is 0. The lowest BCUT2D eigenvalue weighted by Gasteiger charge is -2.35. The number of likely N-dealkylation sites (tertiary alicyclic amines) is 1. The van der Waals surface area contributed by atoms with Gasteiger partial charge in [0.05, 0.1) is 0 Å². The van der Waals surface area contributed by atoms with Gasteiger partial charge in [-0.2, -0.15) is 0 Å². The van der Waals surface area contributed by atoms with Gasteiger partial charge in [-0.15, -0.1) is 0 Å². The molecule has 0 amide bonds. The van der Waals surface area contributed by atoms with E-state index in [2.05, 4.69) is 58.3 Å². The quantitative estimate of drug-likeness (QED) is 0.769. The van der Waals surface area contributed by atoms with Gasteiger partial charge in [0.2, 0.25) is 0 Å². The molecule has 4 heteroatoms. The predicted molar refractivity (Wildman–Crippen MR) is 82.3 cm³/mol. The fraction of sp³-hybridized carbons (Fsp3) is 0.625. The Kier molecular flexibility index (Phi) is 4.68. The minimum absolute atomic E-state index is 0.513. The SMILES string of the molecule is CC1NNCC1NC1CCCN(Cc2ccccc2)C1. The number of rotatable bonds is 4. The topological polar surface area (TPSA) is 39.3 Å². The van der Waals surface area contributed by atoms with E-state index in [1.165, 1.54) is 24.9 Å². The Morgan fingerprint density at radius 3 is 2.90 bits per heavy atom. The summed E-state index contributed by atoms with van der Waals surface area (Å²) < 4.78 is 0. The van der Waals surface area contributed by atoms with Gasteiger partial charge in [0.1, 0.15) is 0 Å². The highest BCUT2D eigenvalue weighted by atomic mass is 15.4. The van der Waals surface area contributed by atoms with E-state index in [-0.39, 0.29) is 0 Å². The van der Waals surface area contributed by atoms with Crippen LogP contribution in [0.3, 0.4) is 0 Å². The first-order chi connectivity index (χ1) is 9.81. The van der Waals surface area contributed by atoms with E-state index >= 15 is 0 Å². The van der Waals surface area contributed by atoms with Gasteiger partial charge in [0.25, 0.3) is 0 Å². The lowest BCUT2D eigenvalue weighted by molar-refractivity contribution is 0.175. The van der Waals surface area contributed by atoms with Crippen molar-refractivity contribution in [3.8, 4) is 0 Å². The molecule has 2 saturated heterocycles. The molecular formula is C16H26N4. The average Bonchev–Trinajstić information content (AvgIpc) is 2.86. The summed E-state index contributed by atoms with van der Waals surface area (Å²) in [7, 11) is 0. The molecule has 0 bridgehead atoms. The second-order valence-corrected chi connectivity index (χ2v) is 6.15. The molecule has 2 aliphatic heterocycles. The molecule has 110 valence electrons.